The number of thiol groups is 1. The number of piperazine rings is 1. The SMILES string of the molecule is O=C(Nc1nc2ccccc2s1)c1cccc2c1CN(c1nc(C(=O)O)c(CCCOc3ccc(C#CCN4CCN(CSS)CC4)cc3F)s1)CC2. The summed E-state index contributed by atoms with van der Waals surface area (Å²) >= 11 is 6.98. The second kappa shape index (κ2) is 17.3. The Morgan fingerprint density at radius 2 is 1.85 bits per heavy atom. The van der Waals surface area contributed by atoms with Gasteiger partial charge in [0, 0.05) is 55.3 Å². The van der Waals surface area contributed by atoms with Gasteiger partial charge in [-0.1, -0.05) is 58.2 Å². The molecule has 0 bridgehead atoms. The Bertz CT molecular complexity index is 2140. The van der Waals surface area contributed by atoms with Crippen molar-refractivity contribution in [3.8, 4) is 17.6 Å². The van der Waals surface area contributed by atoms with Gasteiger partial charge in [-0.05, 0) is 66.8 Å². The van der Waals surface area contributed by atoms with E-state index < -0.39 is 11.8 Å². The Morgan fingerprint density at radius 1 is 1.02 bits per heavy atom. The maximum atomic E-state index is 14.9. The van der Waals surface area contributed by atoms with Crippen LogP contribution in [0.4, 0.5) is 14.7 Å². The average Bonchev–Trinajstić information content (AvgIpc) is 3.79. The molecule has 5 aromatic rings. The molecule has 3 aromatic carbocycles. The van der Waals surface area contributed by atoms with Crippen molar-refractivity contribution in [2.75, 3.05) is 62.0 Å². The highest BCUT2D eigenvalue weighted by molar-refractivity contribution is 8.68. The molecule has 0 aliphatic carbocycles. The molecule has 0 spiro atoms. The van der Waals surface area contributed by atoms with Gasteiger partial charge < -0.3 is 14.7 Å². The van der Waals surface area contributed by atoms with E-state index in [1.54, 1.807) is 18.2 Å². The van der Waals surface area contributed by atoms with E-state index >= 15 is 0 Å². The van der Waals surface area contributed by atoms with Crippen LogP contribution in [0.15, 0.2) is 60.7 Å². The minimum atomic E-state index is -1.10. The summed E-state index contributed by atoms with van der Waals surface area (Å²) in [6, 6.07) is 18.2. The molecule has 10 nitrogen and oxygen atoms in total. The molecular formula is C38H37FN6O4S4. The number of nitrogens with zero attached hydrogens (tertiary/aromatic N) is 5. The number of ether oxygens (including phenoxy) is 1. The van der Waals surface area contributed by atoms with Crippen molar-refractivity contribution in [2.24, 2.45) is 0 Å². The molecule has 4 heterocycles. The smallest absolute Gasteiger partial charge is 0.355 e. The molecule has 0 atom stereocenters. The highest BCUT2D eigenvalue weighted by atomic mass is 33.1. The predicted molar refractivity (Wildman–Crippen MR) is 214 cm³/mol. The van der Waals surface area contributed by atoms with Crippen LogP contribution in [0.3, 0.4) is 0 Å². The Labute approximate surface area is 324 Å². The fraction of sp³-hybridized carbons (Fsp3) is 0.316. The third kappa shape index (κ3) is 9.14. The number of rotatable bonds is 12. The number of carbonyl (C=O) groups is 2. The zero-order valence-electron chi connectivity index (χ0n) is 28.7. The quantitative estimate of drug-likeness (QED) is 0.0534. The largest absolute Gasteiger partial charge is 0.491 e. The number of carbonyl (C=O) groups excluding carboxylic acids is 1. The van der Waals surface area contributed by atoms with Gasteiger partial charge in [-0.2, -0.15) is 0 Å². The number of hydrogen-bond acceptors (Lipinski definition) is 12. The van der Waals surface area contributed by atoms with Crippen LogP contribution >= 0.6 is 45.1 Å². The molecule has 0 unspecified atom stereocenters. The maximum Gasteiger partial charge on any atom is 0.355 e. The van der Waals surface area contributed by atoms with Gasteiger partial charge in [0.15, 0.2) is 27.5 Å². The number of benzene rings is 3. The highest BCUT2D eigenvalue weighted by Gasteiger charge is 2.27. The molecule has 2 N–H and O–H groups in total. The van der Waals surface area contributed by atoms with E-state index in [1.807, 2.05) is 41.3 Å². The number of nitrogens with one attached hydrogen (secondary N) is 1. The van der Waals surface area contributed by atoms with Gasteiger partial charge >= 0.3 is 5.97 Å². The third-order valence-corrected chi connectivity index (χ3v) is 12.1. The van der Waals surface area contributed by atoms with E-state index in [9.17, 15) is 19.1 Å². The minimum Gasteiger partial charge on any atom is -0.491 e. The average molecular weight is 789 g/mol. The molecular weight excluding hydrogens is 752 g/mol. The molecule has 1 fully saturated rings. The van der Waals surface area contributed by atoms with Gasteiger partial charge in [-0.25, -0.2) is 19.2 Å². The summed E-state index contributed by atoms with van der Waals surface area (Å²) in [6.45, 7) is 5.76. The molecule has 1 amide bonds. The Balaban J connectivity index is 0.938. The number of thiazole rings is 2. The number of aromatic nitrogens is 2. The van der Waals surface area contributed by atoms with Crippen LogP contribution in [0.5, 0.6) is 5.75 Å². The fourth-order valence-corrected chi connectivity index (χ4v) is 9.27. The number of anilines is 2. The predicted octanol–water partition coefficient (Wildman–Crippen LogP) is 6.92. The molecule has 53 heavy (non-hydrogen) atoms. The van der Waals surface area contributed by atoms with Gasteiger partial charge in [0.05, 0.1) is 29.2 Å². The minimum absolute atomic E-state index is 0.00492. The third-order valence-electron chi connectivity index (χ3n) is 9.17. The summed E-state index contributed by atoms with van der Waals surface area (Å²) in [5.74, 6) is 5.43. The van der Waals surface area contributed by atoms with Crippen molar-refractivity contribution in [3.05, 3.63) is 99.3 Å². The van der Waals surface area contributed by atoms with Crippen LogP contribution in [-0.2, 0) is 19.4 Å². The van der Waals surface area contributed by atoms with Crippen LogP contribution < -0.4 is 15.0 Å². The molecule has 2 aliphatic rings. The summed E-state index contributed by atoms with van der Waals surface area (Å²) in [6.07, 6.45) is 1.57. The number of carboxylic acids is 1. The molecule has 2 aromatic heterocycles. The summed E-state index contributed by atoms with van der Waals surface area (Å²) in [4.78, 5) is 42.0. The second-order valence-corrected chi connectivity index (χ2v) is 16.1. The van der Waals surface area contributed by atoms with Crippen molar-refractivity contribution >= 4 is 77.5 Å². The highest BCUT2D eigenvalue weighted by Crippen LogP contribution is 2.33. The summed E-state index contributed by atoms with van der Waals surface area (Å²) < 4.78 is 21.6. The van der Waals surface area contributed by atoms with E-state index in [1.165, 1.54) is 39.5 Å². The Hall–Kier alpha value is -4.17. The zero-order valence-corrected chi connectivity index (χ0v) is 32.1. The lowest BCUT2D eigenvalue weighted by Gasteiger charge is -2.32. The van der Waals surface area contributed by atoms with Crippen LogP contribution in [0.25, 0.3) is 10.2 Å². The number of amides is 1. The first-order chi connectivity index (χ1) is 25.8. The summed E-state index contributed by atoms with van der Waals surface area (Å²) in [7, 11) is 1.53. The van der Waals surface area contributed by atoms with Gasteiger partial charge in [0.2, 0.25) is 0 Å². The van der Waals surface area contributed by atoms with Crippen LogP contribution in [-0.4, -0.2) is 88.5 Å². The molecule has 7 rings (SSSR count). The van der Waals surface area contributed by atoms with Crippen molar-refractivity contribution in [3.63, 3.8) is 0 Å². The number of carboxylic acid groups (broad SMARTS) is 1. The molecule has 274 valence electrons. The number of hydrogen-bond donors (Lipinski definition) is 3. The molecule has 15 heteroatoms. The Kier molecular flexibility index (Phi) is 12.1. The lowest BCUT2D eigenvalue weighted by atomic mass is 9.94. The number of aromatic carboxylic acids is 1. The van der Waals surface area contributed by atoms with E-state index in [2.05, 4.69) is 48.6 Å². The molecule has 2 aliphatic heterocycles. The second-order valence-electron chi connectivity index (χ2n) is 12.7. The first kappa shape index (κ1) is 37.2. The van der Waals surface area contributed by atoms with Gasteiger partial charge in [0.1, 0.15) is 0 Å². The van der Waals surface area contributed by atoms with Crippen molar-refractivity contribution in [2.45, 2.75) is 25.8 Å². The van der Waals surface area contributed by atoms with Crippen molar-refractivity contribution in [1.82, 2.24) is 19.8 Å². The number of fused-ring (bicyclic) bond motifs is 2. The maximum absolute atomic E-state index is 14.9. The monoisotopic (exact) mass is 788 g/mol. The number of para-hydroxylation sites is 1. The topological polar surface area (TPSA) is 111 Å². The first-order valence-corrected chi connectivity index (χ1v) is 20.9. The van der Waals surface area contributed by atoms with Crippen molar-refractivity contribution in [1.29, 1.82) is 0 Å². The number of halogens is 1. The van der Waals surface area contributed by atoms with E-state index in [0.717, 1.165) is 53.4 Å². The Morgan fingerprint density at radius 3 is 2.64 bits per heavy atom. The van der Waals surface area contributed by atoms with E-state index in [0.29, 0.717) is 65.2 Å². The van der Waals surface area contributed by atoms with E-state index in [4.69, 9.17) is 4.74 Å². The number of aryl methyl sites for hydroxylation is 1. The van der Waals surface area contributed by atoms with Gasteiger partial charge in [-0.3, -0.25) is 19.9 Å². The van der Waals surface area contributed by atoms with Crippen molar-refractivity contribution < 1.29 is 23.8 Å². The summed E-state index contributed by atoms with van der Waals surface area (Å²) in [5.41, 5.74) is 3.94. The normalized spacial score (nSPS) is 14.8. The fourth-order valence-electron chi connectivity index (χ4n) is 6.38. The van der Waals surface area contributed by atoms with Gasteiger partial charge in [-0.15, -0.1) is 23.0 Å². The standard InChI is InChI=1S/C38H37FN6O4S4/c39-29-22-25(6-4-15-43-17-19-44(20-18-43)24-51-50)12-13-31(29)49-21-5-11-33-34(36(47)48)41-38(53-33)45-16-14-26-7-3-8-27(28(26)23-45)35(46)42-37-40-30-9-1-2-10-32(30)52-37/h1-3,7-10,12-13,22,50H,5,11,14-21,23-24H2,(H,47,48)(H,40,42,46). The van der Waals surface area contributed by atoms with E-state index in [-0.39, 0.29) is 24.0 Å². The molecule has 0 saturated carbocycles. The van der Waals surface area contributed by atoms with Crippen LogP contribution in [0.2, 0.25) is 0 Å². The van der Waals surface area contributed by atoms with Gasteiger partial charge in [0.25, 0.3) is 5.91 Å². The first-order valence-electron chi connectivity index (χ1n) is 17.2. The summed E-state index contributed by atoms with van der Waals surface area (Å²) in [5, 5.41) is 14.1. The zero-order chi connectivity index (χ0) is 36.7. The lowest BCUT2D eigenvalue weighted by Crippen LogP contribution is -2.45. The lowest BCUT2D eigenvalue weighted by molar-refractivity contribution is 0.0690. The molecule has 1 saturated heterocycles. The van der Waals surface area contributed by atoms with Crippen LogP contribution in [0.1, 0.15) is 48.8 Å². The molecule has 0 radical (unpaired) electrons. The van der Waals surface area contributed by atoms with Crippen LogP contribution in [0, 0.1) is 17.7 Å².